The number of anilines is 1. The van der Waals surface area contributed by atoms with Gasteiger partial charge in [-0.15, -0.1) is 11.8 Å². The lowest BCUT2D eigenvalue weighted by molar-refractivity contribution is -0.115. The van der Waals surface area contributed by atoms with Crippen molar-refractivity contribution >= 4 is 35.0 Å². The number of rotatable bonds is 3. The van der Waals surface area contributed by atoms with Gasteiger partial charge in [-0.05, 0) is 30.3 Å². The first-order valence-corrected chi connectivity index (χ1v) is 7.81. The lowest BCUT2D eigenvalue weighted by atomic mass is 10.2. The Balaban J connectivity index is 1.98. The van der Waals surface area contributed by atoms with Gasteiger partial charge in [0.2, 0.25) is 5.91 Å². The van der Waals surface area contributed by atoms with E-state index in [4.69, 9.17) is 16.3 Å². The van der Waals surface area contributed by atoms with Crippen LogP contribution in [0.15, 0.2) is 42.6 Å². The quantitative estimate of drug-likeness (QED) is 0.867. The van der Waals surface area contributed by atoms with Crippen LogP contribution in [0.3, 0.4) is 0 Å². The number of ether oxygens (including phenoxy) is 1. The van der Waals surface area contributed by atoms with E-state index < -0.39 is 0 Å². The third-order valence-electron chi connectivity index (χ3n) is 3.22. The van der Waals surface area contributed by atoms with Gasteiger partial charge in [-0.3, -0.25) is 14.7 Å². The lowest BCUT2D eigenvalue weighted by Crippen LogP contribution is -2.28. The van der Waals surface area contributed by atoms with Crippen LogP contribution in [0.1, 0.15) is 11.1 Å². The number of aromatic nitrogens is 1. The highest BCUT2D eigenvalue weighted by Crippen LogP contribution is 2.42. The first-order valence-electron chi connectivity index (χ1n) is 6.39. The summed E-state index contributed by atoms with van der Waals surface area (Å²) in [4.78, 5) is 18.3. The highest BCUT2D eigenvalue weighted by atomic mass is 35.5. The van der Waals surface area contributed by atoms with Gasteiger partial charge in [-0.25, -0.2) is 0 Å². The van der Waals surface area contributed by atoms with Crippen LogP contribution in [-0.2, 0) is 4.79 Å². The second-order valence-electron chi connectivity index (χ2n) is 4.50. The van der Waals surface area contributed by atoms with Gasteiger partial charge >= 0.3 is 0 Å². The molecular weight excluding hydrogens is 308 g/mol. The average Bonchev–Trinajstić information content (AvgIpc) is 2.90. The van der Waals surface area contributed by atoms with Crippen LogP contribution in [-0.4, -0.2) is 23.8 Å². The molecule has 0 N–H and O–H groups in total. The summed E-state index contributed by atoms with van der Waals surface area (Å²) >= 11 is 7.73. The molecule has 1 aliphatic rings. The highest BCUT2D eigenvalue weighted by Gasteiger charge is 2.35. The van der Waals surface area contributed by atoms with E-state index in [1.165, 1.54) is 0 Å². The van der Waals surface area contributed by atoms with Gasteiger partial charge in [0, 0.05) is 11.9 Å². The fourth-order valence-corrected chi connectivity index (χ4v) is 3.64. The summed E-state index contributed by atoms with van der Waals surface area (Å²) in [6.07, 6.45) is 1.73. The van der Waals surface area contributed by atoms with Gasteiger partial charge < -0.3 is 4.74 Å². The summed E-state index contributed by atoms with van der Waals surface area (Å²) < 4.78 is 5.15. The number of thioether (sulfide) groups is 1. The number of halogens is 1. The van der Waals surface area contributed by atoms with Crippen molar-refractivity contribution < 1.29 is 9.53 Å². The Morgan fingerprint density at radius 3 is 2.90 bits per heavy atom. The zero-order valence-electron chi connectivity index (χ0n) is 11.3. The highest BCUT2D eigenvalue weighted by molar-refractivity contribution is 8.00. The van der Waals surface area contributed by atoms with Gasteiger partial charge in [-0.2, -0.15) is 0 Å². The molecule has 2 aromatic rings. The maximum atomic E-state index is 12.2. The monoisotopic (exact) mass is 320 g/mol. The van der Waals surface area contributed by atoms with Crippen molar-refractivity contribution in [3.05, 3.63) is 53.3 Å². The fourth-order valence-electron chi connectivity index (χ4n) is 2.25. The smallest absolute Gasteiger partial charge is 0.238 e. The van der Waals surface area contributed by atoms with Crippen LogP contribution in [0.2, 0.25) is 5.02 Å². The second-order valence-corrected chi connectivity index (χ2v) is 5.98. The van der Waals surface area contributed by atoms with Crippen molar-refractivity contribution in [1.82, 2.24) is 4.98 Å². The molecule has 1 aliphatic heterocycles. The molecule has 1 amide bonds. The standard InChI is InChI=1S/C15H13ClN2O2S/c1-20-13-6-5-10(8-11(13)16)18-14(19)9-21-15(18)12-4-2-3-7-17-12/h2-8,15H,9H2,1H3. The first kappa shape index (κ1) is 14.2. The summed E-state index contributed by atoms with van der Waals surface area (Å²) in [6.45, 7) is 0. The van der Waals surface area contributed by atoms with Crippen molar-refractivity contribution in [1.29, 1.82) is 0 Å². The molecule has 4 nitrogen and oxygen atoms in total. The number of carbonyl (C=O) groups is 1. The zero-order chi connectivity index (χ0) is 14.8. The number of nitrogens with zero attached hydrogens (tertiary/aromatic N) is 2. The third-order valence-corrected chi connectivity index (χ3v) is 4.70. The van der Waals surface area contributed by atoms with Crippen LogP contribution in [0.5, 0.6) is 5.75 Å². The van der Waals surface area contributed by atoms with Crippen LogP contribution < -0.4 is 9.64 Å². The van der Waals surface area contributed by atoms with Crippen LogP contribution in [0.4, 0.5) is 5.69 Å². The summed E-state index contributed by atoms with van der Waals surface area (Å²) in [5, 5.41) is 0.364. The van der Waals surface area contributed by atoms with Gasteiger partial charge in [-0.1, -0.05) is 17.7 Å². The van der Waals surface area contributed by atoms with E-state index in [0.29, 0.717) is 16.5 Å². The molecule has 1 aromatic carbocycles. The van der Waals surface area contributed by atoms with E-state index in [9.17, 15) is 4.79 Å². The zero-order valence-corrected chi connectivity index (χ0v) is 12.9. The normalized spacial score (nSPS) is 18.1. The Hall–Kier alpha value is -1.72. The number of hydrogen-bond acceptors (Lipinski definition) is 4. The molecule has 6 heteroatoms. The average molecular weight is 321 g/mol. The molecule has 0 radical (unpaired) electrons. The topological polar surface area (TPSA) is 42.4 Å². The van der Waals surface area contributed by atoms with Crippen LogP contribution >= 0.6 is 23.4 Å². The first-order chi connectivity index (χ1) is 10.2. The molecule has 108 valence electrons. The molecule has 1 aromatic heterocycles. The minimum Gasteiger partial charge on any atom is -0.495 e. The molecule has 0 aliphatic carbocycles. The molecular formula is C15H13ClN2O2S. The molecule has 3 rings (SSSR count). The molecule has 1 saturated heterocycles. The Morgan fingerprint density at radius 2 is 2.24 bits per heavy atom. The van der Waals surface area contributed by atoms with Crippen molar-refractivity contribution in [3.63, 3.8) is 0 Å². The third kappa shape index (κ3) is 2.71. The Kier molecular flexibility index (Phi) is 4.03. The molecule has 21 heavy (non-hydrogen) atoms. The predicted molar refractivity (Wildman–Crippen MR) is 84.9 cm³/mol. The second kappa shape index (κ2) is 5.95. The minimum atomic E-state index is -0.122. The van der Waals surface area contributed by atoms with Gasteiger partial charge in [0.1, 0.15) is 11.1 Å². The number of hydrogen-bond donors (Lipinski definition) is 0. The molecule has 1 unspecified atom stereocenters. The largest absolute Gasteiger partial charge is 0.495 e. The minimum absolute atomic E-state index is 0.0527. The van der Waals surface area contributed by atoms with Gasteiger partial charge in [0.05, 0.1) is 23.6 Å². The van der Waals surface area contributed by atoms with Crippen molar-refractivity contribution in [3.8, 4) is 5.75 Å². The van der Waals surface area contributed by atoms with Crippen molar-refractivity contribution in [2.75, 3.05) is 17.8 Å². The number of benzene rings is 1. The van der Waals surface area contributed by atoms with E-state index in [1.54, 1.807) is 42.1 Å². The molecule has 1 fully saturated rings. The number of pyridine rings is 1. The number of methoxy groups -OCH3 is 1. The maximum absolute atomic E-state index is 12.2. The molecule has 0 saturated carbocycles. The Morgan fingerprint density at radius 1 is 1.38 bits per heavy atom. The van der Waals surface area contributed by atoms with Gasteiger partial charge in [0.15, 0.2) is 0 Å². The number of amides is 1. The molecule has 0 bridgehead atoms. The number of carbonyl (C=O) groups excluding carboxylic acids is 1. The van der Waals surface area contributed by atoms with E-state index in [1.807, 2.05) is 24.3 Å². The molecule has 0 spiro atoms. The predicted octanol–water partition coefficient (Wildman–Crippen LogP) is 3.52. The molecule has 2 heterocycles. The molecule has 1 atom stereocenters. The van der Waals surface area contributed by atoms with Crippen molar-refractivity contribution in [2.45, 2.75) is 5.37 Å². The summed E-state index contributed by atoms with van der Waals surface area (Å²) in [6, 6.07) is 11.1. The summed E-state index contributed by atoms with van der Waals surface area (Å²) in [5.74, 6) is 1.08. The Labute approximate surface area is 132 Å². The maximum Gasteiger partial charge on any atom is 0.238 e. The van der Waals surface area contributed by atoms with E-state index in [0.717, 1.165) is 11.4 Å². The van der Waals surface area contributed by atoms with E-state index >= 15 is 0 Å². The van der Waals surface area contributed by atoms with E-state index in [2.05, 4.69) is 4.98 Å². The fraction of sp³-hybridized carbons (Fsp3) is 0.200. The van der Waals surface area contributed by atoms with Crippen LogP contribution in [0.25, 0.3) is 0 Å². The van der Waals surface area contributed by atoms with E-state index in [-0.39, 0.29) is 11.3 Å². The van der Waals surface area contributed by atoms with Gasteiger partial charge in [0.25, 0.3) is 0 Å². The van der Waals surface area contributed by atoms with Crippen molar-refractivity contribution in [2.24, 2.45) is 0 Å². The summed E-state index contributed by atoms with van der Waals surface area (Å²) in [5.41, 5.74) is 1.62. The SMILES string of the molecule is COc1ccc(N2C(=O)CSC2c2ccccn2)cc1Cl. The Bertz CT molecular complexity index is 666. The lowest BCUT2D eigenvalue weighted by Gasteiger charge is -2.24. The van der Waals surface area contributed by atoms with Crippen LogP contribution in [0, 0.1) is 0 Å². The summed E-state index contributed by atoms with van der Waals surface area (Å²) in [7, 11) is 1.56.